The molecule has 0 aromatic heterocycles. The van der Waals surface area contributed by atoms with Gasteiger partial charge < -0.3 is 29.9 Å². The van der Waals surface area contributed by atoms with Crippen molar-refractivity contribution in [3.05, 3.63) is 71.8 Å². The molecule has 2 aromatic carbocycles. The summed E-state index contributed by atoms with van der Waals surface area (Å²) in [6.07, 6.45) is 0. The predicted octanol–water partition coefficient (Wildman–Crippen LogP) is 0.966. The second-order valence-electron chi connectivity index (χ2n) is 5.45. The van der Waals surface area contributed by atoms with Gasteiger partial charge in [0.2, 0.25) is 0 Å². The number of hydrogen-bond acceptors (Lipinski definition) is 6. The molecule has 2 aromatic rings. The van der Waals surface area contributed by atoms with E-state index in [1.54, 1.807) is 60.7 Å². The number of benzene rings is 2. The number of hydrogen-bond donors (Lipinski definition) is 4. The van der Waals surface area contributed by atoms with Gasteiger partial charge in [0.15, 0.2) is 0 Å². The Bertz CT molecular complexity index is 683. The van der Waals surface area contributed by atoms with Crippen LogP contribution in [0.25, 0.3) is 0 Å². The molecule has 0 fully saturated rings. The van der Waals surface area contributed by atoms with E-state index in [1.165, 1.54) is 0 Å². The fourth-order valence-corrected chi connectivity index (χ4v) is 2.13. The smallest absolute Gasteiger partial charge is 0.371 e. The van der Waals surface area contributed by atoms with Crippen LogP contribution in [0.4, 0.5) is 0 Å². The van der Waals surface area contributed by atoms with Crippen molar-refractivity contribution in [1.82, 2.24) is 0 Å². The normalized spacial score (nSPS) is 15.6. The molecular weight excluding hydrogens is 344 g/mol. The van der Waals surface area contributed by atoms with Crippen LogP contribution in [-0.2, 0) is 32.3 Å². The van der Waals surface area contributed by atoms with Gasteiger partial charge in [-0.1, -0.05) is 60.7 Å². The minimum atomic E-state index is -3.54. The summed E-state index contributed by atoms with van der Waals surface area (Å²) in [5.74, 6) is -11.3. The second kappa shape index (κ2) is 8.07. The molecule has 0 bridgehead atoms. The van der Waals surface area contributed by atoms with E-state index in [9.17, 15) is 30.0 Å². The standard InChI is InChI=1S/C18H18O8/c19-15(20)17(23,25-11-13-7-3-1-4-8-13)18(24,16(21)22)26-12-14-9-5-2-6-10-14/h1-10,23-24H,11-12H2,(H,19,20)(H,21,22)/t17-,18-/m0/s1. The Hall–Kier alpha value is -2.78. The first kappa shape index (κ1) is 19.5. The predicted molar refractivity (Wildman–Crippen MR) is 87.6 cm³/mol. The average molecular weight is 362 g/mol. The molecule has 8 nitrogen and oxygen atoms in total. The van der Waals surface area contributed by atoms with Gasteiger partial charge in [0.1, 0.15) is 0 Å². The molecule has 138 valence electrons. The number of carbonyl (C=O) groups is 2. The van der Waals surface area contributed by atoms with E-state index in [4.69, 9.17) is 9.47 Å². The van der Waals surface area contributed by atoms with E-state index in [2.05, 4.69) is 0 Å². The van der Waals surface area contributed by atoms with Crippen molar-refractivity contribution in [2.24, 2.45) is 0 Å². The highest BCUT2D eigenvalue weighted by Gasteiger charge is 2.64. The first-order valence-electron chi connectivity index (χ1n) is 7.57. The molecule has 0 saturated carbocycles. The third-order valence-corrected chi connectivity index (χ3v) is 3.62. The summed E-state index contributed by atoms with van der Waals surface area (Å²) in [5, 5.41) is 39.3. The molecule has 2 atom stereocenters. The van der Waals surface area contributed by atoms with Crippen LogP contribution in [0.15, 0.2) is 60.7 Å². The molecule has 2 rings (SSSR count). The summed E-state index contributed by atoms with van der Waals surface area (Å²) >= 11 is 0. The van der Waals surface area contributed by atoms with Gasteiger partial charge in [0.05, 0.1) is 13.2 Å². The summed E-state index contributed by atoms with van der Waals surface area (Å²) in [7, 11) is 0. The molecule has 0 aliphatic rings. The van der Waals surface area contributed by atoms with E-state index < -0.39 is 36.7 Å². The molecule has 26 heavy (non-hydrogen) atoms. The Kier molecular flexibility index (Phi) is 6.06. The van der Waals surface area contributed by atoms with Crippen molar-refractivity contribution in [3.63, 3.8) is 0 Å². The van der Waals surface area contributed by atoms with Gasteiger partial charge >= 0.3 is 23.5 Å². The summed E-state index contributed by atoms with van der Waals surface area (Å²) < 4.78 is 9.78. The van der Waals surface area contributed by atoms with Crippen LogP contribution in [0, 0.1) is 0 Å². The van der Waals surface area contributed by atoms with E-state index in [0.29, 0.717) is 11.1 Å². The van der Waals surface area contributed by atoms with Crippen molar-refractivity contribution in [2.75, 3.05) is 0 Å². The quantitative estimate of drug-likeness (QED) is 0.485. The molecule has 0 saturated heterocycles. The van der Waals surface area contributed by atoms with Crippen LogP contribution in [0.2, 0.25) is 0 Å². The zero-order chi connectivity index (χ0) is 19.2. The van der Waals surface area contributed by atoms with Crippen molar-refractivity contribution >= 4 is 11.9 Å². The molecular formula is C18H18O8. The van der Waals surface area contributed by atoms with Gasteiger partial charge in [0.25, 0.3) is 0 Å². The van der Waals surface area contributed by atoms with Crippen LogP contribution in [0.5, 0.6) is 0 Å². The highest BCUT2D eigenvalue weighted by atomic mass is 16.7. The van der Waals surface area contributed by atoms with Gasteiger partial charge in [-0.3, -0.25) is 0 Å². The molecule has 0 radical (unpaired) electrons. The topological polar surface area (TPSA) is 134 Å². The molecule has 4 N–H and O–H groups in total. The summed E-state index contributed by atoms with van der Waals surface area (Å²) in [6.45, 7) is -0.929. The lowest BCUT2D eigenvalue weighted by Crippen LogP contribution is -2.66. The Balaban J connectivity index is 2.25. The van der Waals surface area contributed by atoms with Gasteiger partial charge in [-0.25, -0.2) is 9.59 Å². The lowest BCUT2D eigenvalue weighted by atomic mass is 10.1. The van der Waals surface area contributed by atoms with Crippen molar-refractivity contribution < 1.29 is 39.5 Å². The fraction of sp³-hybridized carbons (Fsp3) is 0.222. The minimum absolute atomic E-state index is 0.461. The van der Waals surface area contributed by atoms with Gasteiger partial charge in [-0.2, -0.15) is 0 Å². The molecule has 0 spiro atoms. The maximum atomic E-state index is 11.5. The van der Waals surface area contributed by atoms with Crippen LogP contribution in [0.3, 0.4) is 0 Å². The highest BCUT2D eigenvalue weighted by molar-refractivity contribution is 5.88. The van der Waals surface area contributed by atoms with E-state index in [1.807, 2.05) is 0 Å². The summed E-state index contributed by atoms with van der Waals surface area (Å²) in [5.41, 5.74) is 0.922. The summed E-state index contributed by atoms with van der Waals surface area (Å²) in [6, 6.07) is 16.3. The Morgan fingerprint density at radius 3 is 1.27 bits per heavy atom. The van der Waals surface area contributed by atoms with Crippen molar-refractivity contribution in [2.45, 2.75) is 24.8 Å². The van der Waals surface area contributed by atoms with Crippen LogP contribution in [0.1, 0.15) is 11.1 Å². The van der Waals surface area contributed by atoms with Crippen LogP contribution >= 0.6 is 0 Å². The van der Waals surface area contributed by atoms with Gasteiger partial charge in [0, 0.05) is 0 Å². The molecule has 0 aliphatic heterocycles. The molecule has 0 unspecified atom stereocenters. The number of carboxylic acids is 2. The van der Waals surface area contributed by atoms with Gasteiger partial charge in [-0.15, -0.1) is 0 Å². The lowest BCUT2D eigenvalue weighted by Gasteiger charge is -2.35. The maximum absolute atomic E-state index is 11.5. The van der Waals surface area contributed by atoms with E-state index in [0.717, 1.165) is 0 Å². The zero-order valence-corrected chi connectivity index (χ0v) is 13.6. The number of carboxylic acid groups (broad SMARTS) is 2. The largest absolute Gasteiger partial charge is 0.477 e. The van der Waals surface area contributed by atoms with E-state index >= 15 is 0 Å². The molecule has 0 aliphatic carbocycles. The Morgan fingerprint density at radius 2 is 1.00 bits per heavy atom. The van der Waals surface area contributed by atoms with E-state index in [-0.39, 0.29) is 0 Å². The summed E-state index contributed by atoms with van der Waals surface area (Å²) in [4.78, 5) is 23.1. The van der Waals surface area contributed by atoms with Crippen molar-refractivity contribution in [1.29, 1.82) is 0 Å². The first-order chi connectivity index (χ1) is 12.3. The van der Waals surface area contributed by atoms with Crippen LogP contribution < -0.4 is 0 Å². The highest BCUT2D eigenvalue weighted by Crippen LogP contribution is 2.29. The zero-order valence-electron chi connectivity index (χ0n) is 13.6. The number of aliphatic hydroxyl groups is 2. The van der Waals surface area contributed by atoms with Crippen molar-refractivity contribution in [3.8, 4) is 0 Å². The van der Waals surface area contributed by atoms with Crippen LogP contribution in [-0.4, -0.2) is 43.9 Å². The SMILES string of the molecule is O=C(O)[C@](O)(OCc1ccccc1)[C@@](O)(OCc1ccccc1)C(=O)O. The molecule has 8 heteroatoms. The number of rotatable bonds is 9. The Labute approximate surface area is 148 Å². The molecule has 0 heterocycles. The fourth-order valence-electron chi connectivity index (χ4n) is 2.13. The first-order valence-corrected chi connectivity index (χ1v) is 7.57. The maximum Gasteiger partial charge on any atom is 0.371 e. The minimum Gasteiger partial charge on any atom is -0.477 e. The lowest BCUT2D eigenvalue weighted by molar-refractivity contribution is -0.365. The average Bonchev–Trinajstić information content (AvgIpc) is 2.65. The second-order valence-corrected chi connectivity index (χ2v) is 5.45. The monoisotopic (exact) mass is 362 g/mol. The third kappa shape index (κ3) is 4.06. The molecule has 0 amide bonds. The number of aliphatic carboxylic acids is 2. The third-order valence-electron chi connectivity index (χ3n) is 3.62. The number of ether oxygens (including phenoxy) is 2. The van der Waals surface area contributed by atoms with Gasteiger partial charge in [-0.05, 0) is 11.1 Å². The Morgan fingerprint density at radius 1 is 0.692 bits per heavy atom.